The highest BCUT2D eigenvalue weighted by molar-refractivity contribution is 5.96. The van der Waals surface area contributed by atoms with Gasteiger partial charge in [-0.15, -0.1) is 0 Å². The highest BCUT2D eigenvalue weighted by Crippen LogP contribution is 2.31. The van der Waals surface area contributed by atoms with Crippen LogP contribution in [-0.2, 0) is 10.9 Å². The average Bonchev–Trinajstić information content (AvgIpc) is 2.68. The lowest BCUT2D eigenvalue weighted by atomic mass is 10.2. The summed E-state index contributed by atoms with van der Waals surface area (Å²) < 4.78 is 43.3. The SMILES string of the molecule is COC(=O)c1ccccc1Nc1nccc(Nc2cccc(C(F)(F)F)c2)n1. The predicted octanol–water partition coefficient (Wildman–Crippen LogP) is 4.77. The number of methoxy groups -OCH3 is 1. The molecule has 0 aliphatic rings. The van der Waals surface area contributed by atoms with Crippen molar-refractivity contribution in [2.75, 3.05) is 17.7 Å². The molecule has 3 aromatic rings. The summed E-state index contributed by atoms with van der Waals surface area (Å²) in [6.07, 6.45) is -3.00. The van der Waals surface area contributed by atoms with E-state index >= 15 is 0 Å². The zero-order valence-electron chi connectivity index (χ0n) is 14.6. The average molecular weight is 388 g/mol. The molecule has 2 aromatic carbocycles. The van der Waals surface area contributed by atoms with Gasteiger partial charge in [-0.25, -0.2) is 9.78 Å². The van der Waals surface area contributed by atoms with Gasteiger partial charge in [-0.2, -0.15) is 18.2 Å². The molecule has 0 fully saturated rings. The molecular weight excluding hydrogens is 373 g/mol. The highest BCUT2D eigenvalue weighted by atomic mass is 19.4. The molecule has 0 unspecified atom stereocenters. The first kappa shape index (κ1) is 19.2. The van der Waals surface area contributed by atoms with Crippen LogP contribution in [0, 0.1) is 0 Å². The summed E-state index contributed by atoms with van der Waals surface area (Å²) in [4.78, 5) is 20.1. The van der Waals surface area contributed by atoms with E-state index in [1.807, 2.05) is 0 Å². The van der Waals surface area contributed by atoms with Gasteiger partial charge in [-0.1, -0.05) is 18.2 Å². The summed E-state index contributed by atoms with van der Waals surface area (Å²) in [6, 6.07) is 12.9. The number of anilines is 4. The molecule has 0 aliphatic heterocycles. The molecule has 0 aliphatic carbocycles. The number of nitrogens with one attached hydrogen (secondary N) is 2. The Morgan fingerprint density at radius 2 is 1.82 bits per heavy atom. The number of hydrogen-bond donors (Lipinski definition) is 2. The van der Waals surface area contributed by atoms with Crippen molar-refractivity contribution in [3.8, 4) is 0 Å². The van der Waals surface area contributed by atoms with E-state index in [0.29, 0.717) is 11.3 Å². The Labute approximate surface area is 158 Å². The van der Waals surface area contributed by atoms with Crippen LogP contribution < -0.4 is 10.6 Å². The van der Waals surface area contributed by atoms with Crippen LogP contribution in [0.3, 0.4) is 0 Å². The molecule has 0 saturated heterocycles. The van der Waals surface area contributed by atoms with Gasteiger partial charge in [0.2, 0.25) is 5.95 Å². The van der Waals surface area contributed by atoms with Crippen LogP contribution in [0.4, 0.5) is 36.3 Å². The molecule has 1 aromatic heterocycles. The molecule has 0 bridgehead atoms. The number of halogens is 3. The monoisotopic (exact) mass is 388 g/mol. The van der Waals surface area contributed by atoms with E-state index in [4.69, 9.17) is 4.74 Å². The van der Waals surface area contributed by atoms with Crippen LogP contribution in [0.2, 0.25) is 0 Å². The van der Waals surface area contributed by atoms with E-state index in [2.05, 4.69) is 20.6 Å². The Morgan fingerprint density at radius 3 is 2.57 bits per heavy atom. The van der Waals surface area contributed by atoms with Gasteiger partial charge in [-0.05, 0) is 36.4 Å². The number of aromatic nitrogens is 2. The van der Waals surface area contributed by atoms with Crippen molar-refractivity contribution in [3.05, 3.63) is 71.9 Å². The minimum absolute atomic E-state index is 0.160. The number of para-hydroxylation sites is 1. The third-order valence-corrected chi connectivity index (χ3v) is 3.70. The van der Waals surface area contributed by atoms with Crippen molar-refractivity contribution in [1.29, 1.82) is 0 Å². The predicted molar refractivity (Wildman–Crippen MR) is 97.8 cm³/mol. The Bertz CT molecular complexity index is 993. The van der Waals surface area contributed by atoms with Crippen LogP contribution in [-0.4, -0.2) is 23.0 Å². The van der Waals surface area contributed by atoms with Crippen molar-refractivity contribution in [2.45, 2.75) is 6.18 Å². The second-order valence-corrected chi connectivity index (χ2v) is 5.63. The molecule has 0 spiro atoms. The third-order valence-electron chi connectivity index (χ3n) is 3.70. The van der Waals surface area contributed by atoms with Gasteiger partial charge < -0.3 is 15.4 Å². The number of carbonyl (C=O) groups is 1. The molecule has 2 N–H and O–H groups in total. The van der Waals surface area contributed by atoms with E-state index in [1.165, 1.54) is 31.5 Å². The number of esters is 1. The molecule has 0 saturated carbocycles. The number of nitrogens with zero attached hydrogens (tertiary/aromatic N) is 2. The summed E-state index contributed by atoms with van der Waals surface area (Å²) in [6.45, 7) is 0. The fourth-order valence-electron chi connectivity index (χ4n) is 2.41. The molecule has 0 radical (unpaired) electrons. The molecule has 9 heteroatoms. The van der Waals surface area contributed by atoms with Crippen molar-refractivity contribution in [1.82, 2.24) is 9.97 Å². The quantitative estimate of drug-likeness (QED) is 0.614. The lowest BCUT2D eigenvalue weighted by molar-refractivity contribution is -0.137. The maximum absolute atomic E-state index is 12.8. The van der Waals surface area contributed by atoms with Crippen molar-refractivity contribution in [3.63, 3.8) is 0 Å². The van der Waals surface area contributed by atoms with Crippen LogP contribution in [0.1, 0.15) is 15.9 Å². The van der Waals surface area contributed by atoms with Crippen LogP contribution in [0.5, 0.6) is 0 Å². The van der Waals surface area contributed by atoms with E-state index in [1.54, 1.807) is 24.3 Å². The first-order valence-corrected chi connectivity index (χ1v) is 8.08. The second-order valence-electron chi connectivity index (χ2n) is 5.63. The van der Waals surface area contributed by atoms with Crippen LogP contribution in [0.15, 0.2) is 60.8 Å². The second kappa shape index (κ2) is 7.95. The van der Waals surface area contributed by atoms with Crippen molar-refractivity contribution in [2.24, 2.45) is 0 Å². The molecule has 0 atom stereocenters. The summed E-state index contributed by atoms with van der Waals surface area (Å²) in [7, 11) is 1.27. The zero-order chi connectivity index (χ0) is 20.1. The maximum atomic E-state index is 12.8. The van der Waals surface area contributed by atoms with Crippen LogP contribution in [0.25, 0.3) is 0 Å². The Hall–Kier alpha value is -3.62. The van der Waals surface area contributed by atoms with Crippen molar-refractivity contribution < 1.29 is 22.7 Å². The lowest BCUT2D eigenvalue weighted by Gasteiger charge is -2.12. The fourth-order valence-corrected chi connectivity index (χ4v) is 2.41. The molecule has 6 nitrogen and oxygen atoms in total. The number of benzene rings is 2. The standard InChI is InChI=1S/C19H15F3N4O2/c1-28-17(27)14-7-2-3-8-15(14)25-18-23-10-9-16(26-18)24-13-6-4-5-12(11-13)19(20,21)22/h2-11H,1H3,(H2,23,24,25,26). The molecule has 144 valence electrons. The highest BCUT2D eigenvalue weighted by Gasteiger charge is 2.30. The number of ether oxygens (including phenoxy) is 1. The molecular formula is C19H15F3N4O2. The Balaban J connectivity index is 1.82. The first-order valence-electron chi connectivity index (χ1n) is 8.08. The molecule has 1 heterocycles. The summed E-state index contributed by atoms with van der Waals surface area (Å²) >= 11 is 0. The topological polar surface area (TPSA) is 76.1 Å². The first-order chi connectivity index (χ1) is 13.4. The Kier molecular flexibility index (Phi) is 5.44. The van der Waals surface area contributed by atoms with E-state index < -0.39 is 17.7 Å². The normalized spacial score (nSPS) is 11.0. The Morgan fingerprint density at radius 1 is 1.04 bits per heavy atom. The van der Waals surface area contributed by atoms with E-state index in [0.717, 1.165) is 12.1 Å². The molecule has 0 amide bonds. The minimum Gasteiger partial charge on any atom is -0.465 e. The van der Waals surface area contributed by atoms with Gasteiger partial charge >= 0.3 is 12.1 Å². The summed E-state index contributed by atoms with van der Waals surface area (Å²) in [5, 5.41) is 5.71. The minimum atomic E-state index is -4.44. The maximum Gasteiger partial charge on any atom is 0.416 e. The summed E-state index contributed by atoms with van der Waals surface area (Å²) in [5.41, 5.74) is 0.196. The lowest BCUT2D eigenvalue weighted by Crippen LogP contribution is -2.07. The van der Waals surface area contributed by atoms with Gasteiger partial charge in [0.1, 0.15) is 5.82 Å². The number of carbonyl (C=O) groups excluding carboxylic acids is 1. The van der Waals surface area contributed by atoms with E-state index in [9.17, 15) is 18.0 Å². The van der Waals surface area contributed by atoms with Crippen molar-refractivity contribution >= 4 is 29.1 Å². The van der Waals surface area contributed by atoms with Crippen LogP contribution >= 0.6 is 0 Å². The molecule has 28 heavy (non-hydrogen) atoms. The largest absolute Gasteiger partial charge is 0.465 e. The zero-order valence-corrected chi connectivity index (χ0v) is 14.6. The summed E-state index contributed by atoms with van der Waals surface area (Å²) in [5.74, 6) is -0.0814. The smallest absolute Gasteiger partial charge is 0.416 e. The van der Waals surface area contributed by atoms with Gasteiger partial charge in [0.15, 0.2) is 0 Å². The van der Waals surface area contributed by atoms with Gasteiger partial charge in [0, 0.05) is 11.9 Å². The van der Waals surface area contributed by atoms with E-state index in [-0.39, 0.29) is 17.5 Å². The van der Waals surface area contributed by atoms with Gasteiger partial charge in [0.05, 0.1) is 23.9 Å². The number of alkyl halides is 3. The van der Waals surface area contributed by atoms with Gasteiger partial charge in [0.25, 0.3) is 0 Å². The third kappa shape index (κ3) is 4.56. The molecule has 3 rings (SSSR count). The fraction of sp³-hybridized carbons (Fsp3) is 0.105. The number of rotatable bonds is 5. The van der Waals surface area contributed by atoms with Gasteiger partial charge in [-0.3, -0.25) is 0 Å². The number of hydrogen-bond acceptors (Lipinski definition) is 6.